The van der Waals surface area contributed by atoms with E-state index in [1.807, 2.05) is 0 Å². The third-order valence-corrected chi connectivity index (χ3v) is 4.27. The van der Waals surface area contributed by atoms with E-state index in [2.05, 4.69) is 9.97 Å². The van der Waals surface area contributed by atoms with E-state index in [0.29, 0.717) is 11.3 Å². The molecule has 6 nitrogen and oxygen atoms in total. The Labute approximate surface area is 153 Å². The number of halogens is 2. The molecule has 2 N–H and O–H groups in total. The maximum absolute atomic E-state index is 14.0. The maximum Gasteiger partial charge on any atom is 0.267 e. The zero-order chi connectivity index (χ0) is 19.0. The summed E-state index contributed by atoms with van der Waals surface area (Å²) in [5.74, 6) is -1.25. The molecule has 27 heavy (non-hydrogen) atoms. The first-order valence-corrected chi connectivity index (χ1v) is 8.15. The van der Waals surface area contributed by atoms with Crippen LogP contribution in [0.2, 0.25) is 0 Å². The molecule has 2 aromatic carbocycles. The average Bonchev–Trinajstić information content (AvgIpc) is 2.84. The lowest BCUT2D eigenvalue weighted by atomic mass is 10.0. The van der Waals surface area contributed by atoms with Crippen LogP contribution in [0.15, 0.2) is 48.8 Å². The predicted octanol–water partition coefficient (Wildman–Crippen LogP) is 3.04. The molecule has 1 aliphatic heterocycles. The van der Waals surface area contributed by atoms with Gasteiger partial charge in [0, 0.05) is 11.3 Å². The number of aromatic nitrogens is 2. The van der Waals surface area contributed by atoms with E-state index >= 15 is 0 Å². The molecule has 0 fully saturated rings. The Morgan fingerprint density at radius 1 is 1.07 bits per heavy atom. The second-order valence-electron chi connectivity index (χ2n) is 5.92. The molecule has 0 aliphatic carbocycles. The molecule has 0 spiro atoms. The Bertz CT molecular complexity index is 1020. The molecular formula is C19H14F2N4O2. The maximum atomic E-state index is 14.0. The zero-order valence-electron chi connectivity index (χ0n) is 14.0. The lowest BCUT2D eigenvalue weighted by Gasteiger charge is -2.20. The number of hydrogen-bond donors (Lipinski definition) is 1. The highest BCUT2D eigenvalue weighted by Crippen LogP contribution is 2.30. The molecule has 0 bridgehead atoms. The summed E-state index contributed by atoms with van der Waals surface area (Å²) in [6.45, 7) is 0.512. The Morgan fingerprint density at radius 2 is 1.85 bits per heavy atom. The van der Waals surface area contributed by atoms with Crippen LogP contribution in [0.5, 0.6) is 5.88 Å². The monoisotopic (exact) mass is 368 g/mol. The number of carbonyl (C=O) groups excluding carboxylic acids is 1. The highest BCUT2D eigenvalue weighted by Gasteiger charge is 2.28. The van der Waals surface area contributed by atoms with Gasteiger partial charge in [-0.15, -0.1) is 0 Å². The molecule has 0 radical (unpaired) electrons. The lowest BCUT2D eigenvalue weighted by Crippen LogP contribution is -2.32. The number of amides is 1. The van der Waals surface area contributed by atoms with Crippen LogP contribution >= 0.6 is 0 Å². The molecule has 0 unspecified atom stereocenters. The molecule has 1 aromatic heterocycles. The van der Waals surface area contributed by atoms with Crippen LogP contribution < -0.4 is 15.4 Å². The summed E-state index contributed by atoms with van der Waals surface area (Å²) < 4.78 is 32.9. The van der Waals surface area contributed by atoms with Crippen LogP contribution in [0.3, 0.4) is 0 Å². The normalized spacial score (nSPS) is 13.7. The van der Waals surface area contributed by atoms with Gasteiger partial charge in [0.2, 0.25) is 5.88 Å². The number of nitrogens with zero attached hydrogens (tertiary/aromatic N) is 3. The van der Waals surface area contributed by atoms with Crippen molar-refractivity contribution in [1.29, 1.82) is 0 Å². The largest absolute Gasteiger partial charge is 0.475 e. The number of nitrogen functional groups attached to an aromatic ring is 1. The summed E-state index contributed by atoms with van der Waals surface area (Å²) in [4.78, 5) is 22.2. The molecule has 1 aliphatic rings. The van der Waals surface area contributed by atoms with Crippen molar-refractivity contribution in [2.75, 3.05) is 23.8 Å². The van der Waals surface area contributed by atoms with Crippen molar-refractivity contribution in [3.8, 4) is 17.0 Å². The molecule has 0 atom stereocenters. The number of nitrogens with two attached hydrogens (primary N) is 1. The SMILES string of the molecule is Nc1ncnc2c1C(=O)N(c1ccc(-c3cc(F)ccc3F)cc1)CCO2. The summed E-state index contributed by atoms with van der Waals surface area (Å²) >= 11 is 0. The standard InChI is InChI=1S/C19H14F2N4O2/c20-12-3-6-15(21)14(9-12)11-1-4-13(5-2-11)25-7-8-27-18-16(19(25)26)17(22)23-10-24-18/h1-6,9-10H,7-8H2,(H2,22,23,24). The van der Waals surface area contributed by atoms with Crippen molar-refractivity contribution >= 4 is 17.4 Å². The summed E-state index contributed by atoms with van der Waals surface area (Å²) in [6, 6.07) is 9.82. The van der Waals surface area contributed by atoms with E-state index < -0.39 is 11.6 Å². The van der Waals surface area contributed by atoms with Gasteiger partial charge in [-0.3, -0.25) is 4.79 Å². The fourth-order valence-electron chi connectivity index (χ4n) is 2.95. The quantitative estimate of drug-likeness (QED) is 0.752. The fourth-order valence-corrected chi connectivity index (χ4v) is 2.95. The van der Waals surface area contributed by atoms with Gasteiger partial charge in [-0.2, -0.15) is 0 Å². The molecule has 4 rings (SSSR count). The van der Waals surface area contributed by atoms with Gasteiger partial charge >= 0.3 is 0 Å². The van der Waals surface area contributed by atoms with Crippen LogP contribution in [-0.2, 0) is 0 Å². The third-order valence-electron chi connectivity index (χ3n) is 4.27. The second kappa shape index (κ2) is 6.64. The number of ether oxygens (including phenoxy) is 1. The molecule has 0 saturated carbocycles. The van der Waals surface area contributed by atoms with Crippen molar-refractivity contribution in [2.45, 2.75) is 0 Å². The first kappa shape index (κ1) is 16.9. The molecule has 2 heterocycles. The van der Waals surface area contributed by atoms with Crippen LogP contribution in [0, 0.1) is 11.6 Å². The van der Waals surface area contributed by atoms with Crippen LogP contribution in [0.1, 0.15) is 10.4 Å². The fraction of sp³-hybridized carbons (Fsp3) is 0.105. The van der Waals surface area contributed by atoms with Gasteiger partial charge in [0.15, 0.2) is 0 Å². The van der Waals surface area contributed by atoms with Crippen LogP contribution in [0.25, 0.3) is 11.1 Å². The first-order chi connectivity index (χ1) is 13.0. The number of fused-ring (bicyclic) bond motifs is 1. The van der Waals surface area contributed by atoms with Crippen molar-refractivity contribution in [2.24, 2.45) is 0 Å². The van der Waals surface area contributed by atoms with Gasteiger partial charge in [-0.05, 0) is 35.9 Å². The highest BCUT2D eigenvalue weighted by atomic mass is 19.1. The van der Waals surface area contributed by atoms with Gasteiger partial charge in [0.25, 0.3) is 5.91 Å². The molecule has 3 aromatic rings. The van der Waals surface area contributed by atoms with Gasteiger partial charge in [0.1, 0.15) is 35.9 Å². The van der Waals surface area contributed by atoms with E-state index in [1.165, 1.54) is 11.2 Å². The Kier molecular flexibility index (Phi) is 4.15. The van der Waals surface area contributed by atoms with Gasteiger partial charge in [-0.1, -0.05) is 12.1 Å². The van der Waals surface area contributed by atoms with Crippen molar-refractivity contribution in [3.05, 3.63) is 66.0 Å². The molecule has 136 valence electrons. The summed E-state index contributed by atoms with van der Waals surface area (Å²) in [5, 5.41) is 0. The minimum Gasteiger partial charge on any atom is -0.475 e. The number of anilines is 2. The van der Waals surface area contributed by atoms with Crippen molar-refractivity contribution in [1.82, 2.24) is 9.97 Å². The van der Waals surface area contributed by atoms with Gasteiger partial charge in [0.05, 0.1) is 6.54 Å². The van der Waals surface area contributed by atoms with E-state index in [-0.39, 0.29) is 41.9 Å². The second-order valence-corrected chi connectivity index (χ2v) is 5.92. The number of hydrogen-bond acceptors (Lipinski definition) is 5. The lowest BCUT2D eigenvalue weighted by molar-refractivity contribution is 0.0990. The number of rotatable bonds is 2. The van der Waals surface area contributed by atoms with Crippen molar-refractivity contribution < 1.29 is 18.3 Å². The van der Waals surface area contributed by atoms with Crippen LogP contribution in [-0.4, -0.2) is 29.0 Å². The summed E-state index contributed by atoms with van der Waals surface area (Å²) in [7, 11) is 0. The van der Waals surface area contributed by atoms with Gasteiger partial charge in [-0.25, -0.2) is 18.7 Å². The molecular weight excluding hydrogens is 354 g/mol. The predicted molar refractivity (Wildman–Crippen MR) is 95.4 cm³/mol. The summed E-state index contributed by atoms with van der Waals surface area (Å²) in [5.41, 5.74) is 7.14. The van der Waals surface area contributed by atoms with Crippen LogP contribution in [0.4, 0.5) is 20.3 Å². The average molecular weight is 368 g/mol. The Hall–Kier alpha value is -3.55. The molecule has 0 saturated heterocycles. The minimum absolute atomic E-state index is 0.0374. The smallest absolute Gasteiger partial charge is 0.267 e. The first-order valence-electron chi connectivity index (χ1n) is 8.15. The van der Waals surface area contributed by atoms with E-state index in [0.717, 1.165) is 18.2 Å². The van der Waals surface area contributed by atoms with E-state index in [9.17, 15) is 13.6 Å². The molecule has 8 heteroatoms. The number of benzene rings is 2. The third kappa shape index (κ3) is 3.05. The Balaban J connectivity index is 1.69. The van der Waals surface area contributed by atoms with E-state index in [4.69, 9.17) is 10.5 Å². The Morgan fingerprint density at radius 3 is 2.63 bits per heavy atom. The van der Waals surface area contributed by atoms with Crippen molar-refractivity contribution in [3.63, 3.8) is 0 Å². The number of carbonyl (C=O) groups is 1. The van der Waals surface area contributed by atoms with E-state index in [1.54, 1.807) is 24.3 Å². The minimum atomic E-state index is -0.526. The molecule has 1 amide bonds. The summed E-state index contributed by atoms with van der Waals surface area (Å²) in [6.07, 6.45) is 1.24. The van der Waals surface area contributed by atoms with Gasteiger partial charge < -0.3 is 15.4 Å². The zero-order valence-corrected chi connectivity index (χ0v) is 14.0. The topological polar surface area (TPSA) is 81.3 Å². The highest BCUT2D eigenvalue weighted by molar-refractivity contribution is 6.10.